The largest absolute Gasteiger partial charge is 0.477 e. The summed E-state index contributed by atoms with van der Waals surface area (Å²) in [7, 11) is 0. The average Bonchev–Trinajstić information content (AvgIpc) is 2.64. The van der Waals surface area contributed by atoms with Crippen LogP contribution in [0.3, 0.4) is 0 Å². The van der Waals surface area contributed by atoms with Crippen molar-refractivity contribution in [1.82, 2.24) is 9.78 Å². The van der Waals surface area contributed by atoms with Crippen LogP contribution < -0.4 is 5.56 Å². The van der Waals surface area contributed by atoms with Crippen LogP contribution in [-0.4, -0.2) is 20.9 Å². The van der Waals surface area contributed by atoms with Gasteiger partial charge in [0.25, 0.3) is 5.56 Å². The van der Waals surface area contributed by atoms with Crippen LogP contribution in [0.2, 0.25) is 0 Å². The minimum absolute atomic E-state index is 0.237. The summed E-state index contributed by atoms with van der Waals surface area (Å²) >= 11 is 0. The van der Waals surface area contributed by atoms with E-state index in [1.165, 1.54) is 10.9 Å². The van der Waals surface area contributed by atoms with Crippen LogP contribution in [0.25, 0.3) is 0 Å². The standard InChI is InChI=1S/C12H12N2O3/c1-8-4-2-3-5-9(8)7-14-11(15)10(6-13-14)12(16)17/h2-6,13H,7H2,1H3,(H,16,17). The van der Waals surface area contributed by atoms with E-state index in [1.54, 1.807) is 0 Å². The maximum Gasteiger partial charge on any atom is 0.342 e. The highest BCUT2D eigenvalue weighted by Crippen LogP contribution is 2.07. The number of benzene rings is 1. The normalized spacial score (nSPS) is 10.4. The smallest absolute Gasteiger partial charge is 0.342 e. The van der Waals surface area contributed by atoms with E-state index in [2.05, 4.69) is 5.10 Å². The lowest BCUT2D eigenvalue weighted by atomic mass is 10.1. The molecule has 0 bridgehead atoms. The maximum atomic E-state index is 11.7. The minimum atomic E-state index is -1.21. The summed E-state index contributed by atoms with van der Waals surface area (Å²) < 4.78 is 1.28. The molecule has 2 aromatic rings. The summed E-state index contributed by atoms with van der Waals surface area (Å²) in [5.74, 6) is -1.21. The molecule has 1 aromatic heterocycles. The Morgan fingerprint density at radius 2 is 2.12 bits per heavy atom. The molecular weight excluding hydrogens is 220 g/mol. The van der Waals surface area contributed by atoms with E-state index in [-0.39, 0.29) is 5.56 Å². The van der Waals surface area contributed by atoms with Gasteiger partial charge in [-0.25, -0.2) is 9.48 Å². The number of aromatic carboxylic acids is 1. The van der Waals surface area contributed by atoms with Gasteiger partial charge in [0.05, 0.1) is 6.54 Å². The molecule has 0 fully saturated rings. The van der Waals surface area contributed by atoms with Gasteiger partial charge in [-0.1, -0.05) is 24.3 Å². The molecule has 0 spiro atoms. The zero-order chi connectivity index (χ0) is 12.4. The van der Waals surface area contributed by atoms with Gasteiger partial charge in [0, 0.05) is 6.20 Å². The molecule has 2 N–H and O–H groups in total. The van der Waals surface area contributed by atoms with Crippen LogP contribution in [0.15, 0.2) is 35.3 Å². The molecule has 0 aliphatic rings. The van der Waals surface area contributed by atoms with Crippen LogP contribution >= 0.6 is 0 Å². The van der Waals surface area contributed by atoms with E-state index in [0.29, 0.717) is 6.54 Å². The van der Waals surface area contributed by atoms with Crippen LogP contribution in [0.4, 0.5) is 0 Å². The Bertz CT molecular complexity index is 610. The van der Waals surface area contributed by atoms with Gasteiger partial charge in [-0.05, 0) is 18.1 Å². The molecule has 0 amide bonds. The van der Waals surface area contributed by atoms with Crippen molar-refractivity contribution in [3.05, 3.63) is 57.5 Å². The monoisotopic (exact) mass is 232 g/mol. The van der Waals surface area contributed by atoms with E-state index in [0.717, 1.165) is 11.1 Å². The van der Waals surface area contributed by atoms with E-state index >= 15 is 0 Å². The topological polar surface area (TPSA) is 75.1 Å². The van der Waals surface area contributed by atoms with Gasteiger partial charge in [0.2, 0.25) is 0 Å². The SMILES string of the molecule is Cc1ccccc1Cn1[nH]cc(C(=O)O)c1=O. The molecule has 0 saturated carbocycles. The molecule has 1 aromatic carbocycles. The van der Waals surface area contributed by atoms with E-state index < -0.39 is 11.5 Å². The van der Waals surface area contributed by atoms with Gasteiger partial charge in [-0.2, -0.15) is 0 Å². The first kappa shape index (κ1) is 11.2. The lowest BCUT2D eigenvalue weighted by molar-refractivity contribution is 0.0695. The molecule has 0 aliphatic carbocycles. The molecule has 5 heteroatoms. The highest BCUT2D eigenvalue weighted by atomic mass is 16.4. The van der Waals surface area contributed by atoms with Crippen molar-refractivity contribution in [1.29, 1.82) is 0 Å². The first-order chi connectivity index (χ1) is 8.09. The summed E-state index contributed by atoms with van der Waals surface area (Å²) in [4.78, 5) is 22.4. The lowest BCUT2D eigenvalue weighted by Crippen LogP contribution is -2.22. The third-order valence-electron chi connectivity index (χ3n) is 2.66. The van der Waals surface area contributed by atoms with Crippen molar-refractivity contribution in [3.63, 3.8) is 0 Å². The van der Waals surface area contributed by atoms with Gasteiger partial charge in [-0.15, -0.1) is 0 Å². The molecule has 88 valence electrons. The number of aryl methyl sites for hydroxylation is 1. The molecule has 5 nitrogen and oxygen atoms in total. The van der Waals surface area contributed by atoms with Crippen molar-refractivity contribution in [3.8, 4) is 0 Å². The summed E-state index contributed by atoms with van der Waals surface area (Å²) in [6.45, 7) is 2.29. The fraction of sp³-hybridized carbons (Fsp3) is 0.167. The Kier molecular flexibility index (Phi) is 2.82. The number of carboxylic acids is 1. The highest BCUT2D eigenvalue weighted by molar-refractivity contribution is 5.86. The Labute approximate surface area is 97.3 Å². The molecule has 2 rings (SSSR count). The van der Waals surface area contributed by atoms with Gasteiger partial charge in [0.1, 0.15) is 5.56 Å². The molecule has 0 atom stereocenters. The number of hydrogen-bond acceptors (Lipinski definition) is 2. The highest BCUT2D eigenvalue weighted by Gasteiger charge is 2.13. The third kappa shape index (κ3) is 2.13. The molecule has 1 heterocycles. The molecular formula is C12H12N2O3. The predicted octanol–water partition coefficient (Wildman–Crippen LogP) is 1.23. The number of H-pyrrole nitrogens is 1. The molecule has 0 radical (unpaired) electrons. The van der Waals surface area contributed by atoms with E-state index in [1.807, 2.05) is 31.2 Å². The van der Waals surface area contributed by atoms with Crippen molar-refractivity contribution in [2.24, 2.45) is 0 Å². The lowest BCUT2D eigenvalue weighted by Gasteiger charge is -2.05. The van der Waals surface area contributed by atoms with Crippen molar-refractivity contribution in [2.45, 2.75) is 13.5 Å². The maximum absolute atomic E-state index is 11.7. The molecule has 0 unspecified atom stereocenters. The summed E-state index contributed by atoms with van der Waals surface area (Å²) in [6, 6.07) is 7.65. The average molecular weight is 232 g/mol. The number of nitrogens with one attached hydrogen (secondary N) is 1. The number of carbonyl (C=O) groups is 1. The van der Waals surface area contributed by atoms with Crippen molar-refractivity contribution in [2.75, 3.05) is 0 Å². The predicted molar refractivity (Wildman–Crippen MR) is 62.3 cm³/mol. The quantitative estimate of drug-likeness (QED) is 0.835. The van der Waals surface area contributed by atoms with Crippen LogP contribution in [0, 0.1) is 6.92 Å². The van der Waals surface area contributed by atoms with E-state index in [4.69, 9.17) is 5.11 Å². The number of aromatic amines is 1. The minimum Gasteiger partial charge on any atom is -0.477 e. The third-order valence-corrected chi connectivity index (χ3v) is 2.66. The van der Waals surface area contributed by atoms with Crippen molar-refractivity contribution >= 4 is 5.97 Å². The first-order valence-corrected chi connectivity index (χ1v) is 5.15. The molecule has 17 heavy (non-hydrogen) atoms. The first-order valence-electron chi connectivity index (χ1n) is 5.15. The number of carboxylic acid groups (broad SMARTS) is 1. The Balaban J connectivity index is 2.35. The Morgan fingerprint density at radius 3 is 2.71 bits per heavy atom. The van der Waals surface area contributed by atoms with Gasteiger partial charge in [0.15, 0.2) is 0 Å². The second kappa shape index (κ2) is 4.29. The summed E-state index contributed by atoms with van der Waals surface area (Å²) in [5, 5.41) is 11.4. The zero-order valence-corrected chi connectivity index (χ0v) is 9.30. The molecule has 0 saturated heterocycles. The van der Waals surface area contributed by atoms with Crippen LogP contribution in [0.5, 0.6) is 0 Å². The fourth-order valence-corrected chi connectivity index (χ4v) is 1.64. The number of aromatic nitrogens is 2. The number of nitrogens with zero attached hydrogens (tertiary/aromatic N) is 1. The second-order valence-electron chi connectivity index (χ2n) is 3.81. The number of rotatable bonds is 3. The van der Waals surface area contributed by atoms with Gasteiger partial charge < -0.3 is 10.2 Å². The zero-order valence-electron chi connectivity index (χ0n) is 9.30. The van der Waals surface area contributed by atoms with Crippen LogP contribution in [-0.2, 0) is 6.54 Å². The van der Waals surface area contributed by atoms with Gasteiger partial charge >= 0.3 is 5.97 Å². The van der Waals surface area contributed by atoms with Crippen LogP contribution in [0.1, 0.15) is 21.5 Å². The molecule has 0 aliphatic heterocycles. The summed E-state index contributed by atoms with van der Waals surface area (Å²) in [5.41, 5.74) is 1.29. The Morgan fingerprint density at radius 1 is 1.41 bits per heavy atom. The summed E-state index contributed by atoms with van der Waals surface area (Å²) in [6.07, 6.45) is 1.21. The van der Waals surface area contributed by atoms with Gasteiger partial charge in [-0.3, -0.25) is 4.79 Å². The Hall–Kier alpha value is -2.30. The van der Waals surface area contributed by atoms with Crippen molar-refractivity contribution < 1.29 is 9.90 Å². The number of hydrogen-bond donors (Lipinski definition) is 2. The second-order valence-corrected chi connectivity index (χ2v) is 3.81. The fourth-order valence-electron chi connectivity index (χ4n) is 1.64. The van der Waals surface area contributed by atoms with E-state index in [9.17, 15) is 9.59 Å².